The molecule has 10 nitrogen and oxygen atoms in total. The van der Waals surface area contributed by atoms with Gasteiger partial charge >= 0.3 is 5.69 Å². The molecule has 4 rings (SSSR count). The number of hydrogen-bond acceptors (Lipinski definition) is 8. The summed E-state index contributed by atoms with van der Waals surface area (Å²) >= 11 is 0. The number of anilines is 3. The number of benzene rings is 2. The monoisotopic (exact) mass is 461 g/mol. The standard InChI is InChI=1S/C24H27N7O3/c1-17-7-6-10-20(18(17)2)29-11-13-30(14-12-29)24-22(31(33)34)23(25-16-26-24)28-27-21(32)15-19-8-4-3-5-9-19/h3-10,16H,11-15H2,1-2H3,(H,27,32)(H,25,26,28). The van der Waals surface area contributed by atoms with Crippen LogP contribution in [0.1, 0.15) is 16.7 Å². The second kappa shape index (κ2) is 10.2. The molecule has 0 bridgehead atoms. The maximum absolute atomic E-state index is 12.3. The highest BCUT2D eigenvalue weighted by atomic mass is 16.6. The lowest BCUT2D eigenvalue weighted by atomic mass is 10.1. The molecule has 10 heteroatoms. The topological polar surface area (TPSA) is 117 Å². The quantitative estimate of drug-likeness (QED) is 0.407. The lowest BCUT2D eigenvalue weighted by molar-refractivity contribution is -0.383. The molecule has 0 saturated carbocycles. The Hall–Kier alpha value is -4.21. The molecule has 0 spiro atoms. The third-order valence-corrected chi connectivity index (χ3v) is 6.01. The summed E-state index contributed by atoms with van der Waals surface area (Å²) in [5.41, 5.74) is 9.34. The Kier molecular flexibility index (Phi) is 6.86. The zero-order chi connectivity index (χ0) is 24.1. The Morgan fingerprint density at radius 2 is 1.71 bits per heavy atom. The molecule has 3 aromatic rings. The number of nitro groups is 1. The summed E-state index contributed by atoms with van der Waals surface area (Å²) in [5, 5.41) is 11.9. The number of nitrogens with zero attached hydrogens (tertiary/aromatic N) is 5. The number of nitrogens with one attached hydrogen (secondary N) is 2. The Morgan fingerprint density at radius 3 is 2.41 bits per heavy atom. The fraction of sp³-hybridized carbons (Fsp3) is 0.292. The van der Waals surface area contributed by atoms with Crippen LogP contribution in [0.5, 0.6) is 0 Å². The molecule has 2 aromatic carbocycles. The van der Waals surface area contributed by atoms with Gasteiger partial charge < -0.3 is 9.80 Å². The van der Waals surface area contributed by atoms with Gasteiger partial charge in [0.2, 0.25) is 17.5 Å². The van der Waals surface area contributed by atoms with E-state index in [2.05, 4.69) is 51.7 Å². The Balaban J connectivity index is 1.45. The normalized spacial score (nSPS) is 13.5. The van der Waals surface area contributed by atoms with E-state index in [1.54, 1.807) is 0 Å². The van der Waals surface area contributed by atoms with E-state index in [1.165, 1.54) is 23.1 Å². The summed E-state index contributed by atoms with van der Waals surface area (Å²) in [7, 11) is 0. The minimum absolute atomic E-state index is 0.0478. The van der Waals surface area contributed by atoms with E-state index in [4.69, 9.17) is 0 Å². The maximum Gasteiger partial charge on any atom is 0.355 e. The summed E-state index contributed by atoms with van der Waals surface area (Å²) in [6.07, 6.45) is 1.41. The van der Waals surface area contributed by atoms with Crippen LogP contribution < -0.4 is 20.7 Å². The van der Waals surface area contributed by atoms with Crippen LogP contribution in [0.3, 0.4) is 0 Å². The molecule has 176 valence electrons. The Labute approximate surface area is 197 Å². The zero-order valence-corrected chi connectivity index (χ0v) is 19.2. The summed E-state index contributed by atoms with van der Waals surface area (Å²) < 4.78 is 0. The minimum Gasteiger partial charge on any atom is -0.368 e. The van der Waals surface area contributed by atoms with Crippen molar-refractivity contribution in [1.82, 2.24) is 15.4 Å². The summed E-state index contributed by atoms with van der Waals surface area (Å²) in [5.74, 6) is -0.142. The molecule has 1 saturated heterocycles. The van der Waals surface area contributed by atoms with Crippen molar-refractivity contribution in [3.8, 4) is 0 Å². The molecule has 1 aliphatic heterocycles. The van der Waals surface area contributed by atoms with Crippen molar-refractivity contribution in [1.29, 1.82) is 0 Å². The number of carbonyl (C=O) groups excluding carboxylic acids is 1. The summed E-state index contributed by atoms with van der Waals surface area (Å²) in [6.45, 7) is 6.77. The van der Waals surface area contributed by atoms with Crippen molar-refractivity contribution in [2.24, 2.45) is 0 Å². The third-order valence-electron chi connectivity index (χ3n) is 6.01. The average Bonchev–Trinajstić information content (AvgIpc) is 2.85. The van der Waals surface area contributed by atoms with Crippen molar-refractivity contribution in [2.45, 2.75) is 20.3 Å². The lowest BCUT2D eigenvalue weighted by Crippen LogP contribution is -2.47. The minimum atomic E-state index is -0.516. The van der Waals surface area contributed by atoms with Crippen molar-refractivity contribution in [3.05, 3.63) is 81.7 Å². The molecule has 0 aliphatic carbocycles. The van der Waals surface area contributed by atoms with Gasteiger partial charge in [0.05, 0.1) is 11.3 Å². The molecular formula is C24H27N7O3. The van der Waals surface area contributed by atoms with Gasteiger partial charge in [0.15, 0.2) is 0 Å². The first-order chi connectivity index (χ1) is 16.4. The van der Waals surface area contributed by atoms with E-state index in [9.17, 15) is 14.9 Å². The fourth-order valence-electron chi connectivity index (χ4n) is 4.05. The third kappa shape index (κ3) is 5.06. The van der Waals surface area contributed by atoms with Gasteiger partial charge in [0, 0.05) is 31.9 Å². The summed E-state index contributed by atoms with van der Waals surface area (Å²) in [4.78, 5) is 36.1. The highest BCUT2D eigenvalue weighted by molar-refractivity contribution is 5.81. The van der Waals surface area contributed by atoms with Gasteiger partial charge in [-0.3, -0.25) is 25.8 Å². The SMILES string of the molecule is Cc1cccc(N2CCN(c3ncnc(NNC(=O)Cc4ccccc4)c3[N+](=O)[O-])CC2)c1C. The van der Waals surface area contributed by atoms with Crippen LogP contribution >= 0.6 is 0 Å². The predicted molar refractivity (Wildman–Crippen MR) is 131 cm³/mol. The molecule has 0 atom stereocenters. The van der Waals surface area contributed by atoms with Gasteiger partial charge in [-0.2, -0.15) is 0 Å². The van der Waals surface area contributed by atoms with Gasteiger partial charge in [0.1, 0.15) is 6.33 Å². The first-order valence-electron chi connectivity index (χ1n) is 11.1. The largest absolute Gasteiger partial charge is 0.368 e. The number of hydrogen-bond donors (Lipinski definition) is 2. The van der Waals surface area contributed by atoms with Crippen LogP contribution in [-0.2, 0) is 11.2 Å². The van der Waals surface area contributed by atoms with Crippen molar-refractivity contribution in [3.63, 3.8) is 0 Å². The number of hydrazine groups is 1. The van der Waals surface area contributed by atoms with E-state index in [1.807, 2.05) is 41.3 Å². The fourth-order valence-corrected chi connectivity index (χ4v) is 4.05. The van der Waals surface area contributed by atoms with Gasteiger partial charge in [0.25, 0.3) is 0 Å². The van der Waals surface area contributed by atoms with E-state index < -0.39 is 4.92 Å². The molecule has 0 radical (unpaired) electrons. The molecule has 34 heavy (non-hydrogen) atoms. The van der Waals surface area contributed by atoms with Gasteiger partial charge in [-0.25, -0.2) is 9.97 Å². The zero-order valence-electron chi connectivity index (χ0n) is 19.2. The Morgan fingerprint density at radius 1 is 1.00 bits per heavy atom. The van der Waals surface area contributed by atoms with Crippen LogP contribution in [-0.4, -0.2) is 47.0 Å². The molecule has 2 N–H and O–H groups in total. The highest BCUT2D eigenvalue weighted by Gasteiger charge is 2.30. The van der Waals surface area contributed by atoms with Gasteiger partial charge in [-0.15, -0.1) is 0 Å². The summed E-state index contributed by atoms with van der Waals surface area (Å²) in [6, 6.07) is 15.5. The van der Waals surface area contributed by atoms with Crippen LogP contribution in [0.2, 0.25) is 0 Å². The second-order valence-corrected chi connectivity index (χ2v) is 8.18. The van der Waals surface area contributed by atoms with E-state index in [0.29, 0.717) is 26.2 Å². The van der Waals surface area contributed by atoms with Gasteiger partial charge in [-0.05, 0) is 36.6 Å². The van der Waals surface area contributed by atoms with Gasteiger partial charge in [-0.1, -0.05) is 42.5 Å². The Bertz CT molecular complexity index is 1180. The van der Waals surface area contributed by atoms with E-state index in [-0.39, 0.29) is 29.7 Å². The molecule has 1 aliphatic rings. The average molecular weight is 462 g/mol. The molecule has 0 unspecified atom stereocenters. The predicted octanol–water partition coefficient (Wildman–Crippen LogP) is 3.01. The number of amides is 1. The lowest BCUT2D eigenvalue weighted by Gasteiger charge is -2.37. The number of aryl methyl sites for hydroxylation is 1. The second-order valence-electron chi connectivity index (χ2n) is 8.18. The molecular weight excluding hydrogens is 434 g/mol. The van der Waals surface area contributed by atoms with Crippen LogP contribution in [0.25, 0.3) is 0 Å². The number of rotatable bonds is 7. The first kappa shape index (κ1) is 23.0. The molecule has 1 fully saturated rings. The molecule has 2 heterocycles. The van der Waals surface area contributed by atoms with Crippen LogP contribution in [0.4, 0.5) is 23.0 Å². The van der Waals surface area contributed by atoms with E-state index >= 15 is 0 Å². The number of piperazine rings is 1. The van der Waals surface area contributed by atoms with Crippen molar-refractivity contribution >= 4 is 28.9 Å². The molecule has 1 amide bonds. The maximum atomic E-state index is 12.3. The smallest absolute Gasteiger partial charge is 0.355 e. The van der Waals surface area contributed by atoms with Crippen LogP contribution in [0, 0.1) is 24.0 Å². The van der Waals surface area contributed by atoms with E-state index in [0.717, 1.165) is 5.56 Å². The molecule has 1 aromatic heterocycles. The highest BCUT2D eigenvalue weighted by Crippen LogP contribution is 2.33. The van der Waals surface area contributed by atoms with Crippen molar-refractivity contribution < 1.29 is 9.72 Å². The number of carbonyl (C=O) groups is 1. The number of aromatic nitrogens is 2. The van der Waals surface area contributed by atoms with Crippen LogP contribution in [0.15, 0.2) is 54.9 Å². The van der Waals surface area contributed by atoms with Crippen molar-refractivity contribution in [2.75, 3.05) is 41.4 Å². The first-order valence-corrected chi connectivity index (χ1v) is 11.1.